The number of nitrogens with zero attached hydrogens (tertiary/aromatic N) is 3. The van der Waals surface area contributed by atoms with E-state index in [1.807, 2.05) is 26.2 Å². The van der Waals surface area contributed by atoms with Gasteiger partial charge in [-0.2, -0.15) is 5.10 Å². The number of carbonyl (C=O) groups is 1. The molecule has 0 N–H and O–H groups in total. The average molecular weight is 308 g/mol. The Bertz CT molecular complexity index is 640. The van der Waals surface area contributed by atoms with Crippen molar-refractivity contribution in [2.45, 2.75) is 13.5 Å². The van der Waals surface area contributed by atoms with Crippen molar-refractivity contribution in [3.8, 4) is 5.75 Å². The van der Waals surface area contributed by atoms with Gasteiger partial charge in [0, 0.05) is 37.4 Å². The number of rotatable bonds is 5. The third-order valence-electron chi connectivity index (χ3n) is 3.10. The van der Waals surface area contributed by atoms with Gasteiger partial charge in [0.1, 0.15) is 5.75 Å². The zero-order valence-electron chi connectivity index (χ0n) is 12.3. The van der Waals surface area contributed by atoms with Crippen molar-refractivity contribution in [2.75, 3.05) is 13.7 Å². The molecule has 0 bridgehead atoms. The minimum atomic E-state index is -0.0912. The predicted molar refractivity (Wildman–Crippen MR) is 81.4 cm³/mol. The van der Waals surface area contributed by atoms with Crippen LogP contribution in [0.4, 0.5) is 0 Å². The summed E-state index contributed by atoms with van der Waals surface area (Å²) in [5.41, 5.74) is 1.90. The molecule has 0 fully saturated rings. The first kappa shape index (κ1) is 15.4. The number of aromatic nitrogens is 2. The van der Waals surface area contributed by atoms with E-state index in [-0.39, 0.29) is 12.5 Å². The third kappa shape index (κ3) is 4.23. The molecule has 5 nitrogen and oxygen atoms in total. The summed E-state index contributed by atoms with van der Waals surface area (Å²) in [4.78, 5) is 13.6. The predicted octanol–water partition coefficient (Wildman–Crippen LogP) is 2.42. The van der Waals surface area contributed by atoms with Gasteiger partial charge in [0.2, 0.25) is 0 Å². The summed E-state index contributed by atoms with van der Waals surface area (Å²) in [5, 5.41) is 4.76. The molecule has 0 saturated heterocycles. The molecule has 21 heavy (non-hydrogen) atoms. The largest absolute Gasteiger partial charge is 0.484 e. The minimum Gasteiger partial charge on any atom is -0.484 e. The summed E-state index contributed by atoms with van der Waals surface area (Å²) in [6, 6.07) is 5.33. The zero-order chi connectivity index (χ0) is 15.4. The van der Waals surface area contributed by atoms with Gasteiger partial charge >= 0.3 is 0 Å². The SMILES string of the molecule is Cc1cc(OCC(=O)N(C)Cc2cnn(C)c2)ccc1Cl. The normalized spacial score (nSPS) is 10.5. The highest BCUT2D eigenvalue weighted by Gasteiger charge is 2.11. The van der Waals surface area contributed by atoms with E-state index < -0.39 is 0 Å². The van der Waals surface area contributed by atoms with Gasteiger partial charge in [0.05, 0.1) is 6.20 Å². The van der Waals surface area contributed by atoms with E-state index in [2.05, 4.69) is 5.10 Å². The van der Waals surface area contributed by atoms with Crippen molar-refractivity contribution in [3.63, 3.8) is 0 Å². The van der Waals surface area contributed by atoms with Crippen LogP contribution in [0.1, 0.15) is 11.1 Å². The van der Waals surface area contributed by atoms with Gasteiger partial charge in [-0.3, -0.25) is 9.48 Å². The number of carbonyl (C=O) groups excluding carboxylic acids is 1. The monoisotopic (exact) mass is 307 g/mol. The molecule has 1 aromatic heterocycles. The van der Waals surface area contributed by atoms with Gasteiger partial charge in [0.25, 0.3) is 5.91 Å². The second-order valence-electron chi connectivity index (χ2n) is 4.97. The van der Waals surface area contributed by atoms with Crippen molar-refractivity contribution in [1.29, 1.82) is 0 Å². The lowest BCUT2D eigenvalue weighted by molar-refractivity contribution is -0.132. The molecule has 0 atom stereocenters. The standard InChI is InChI=1S/C15H18ClN3O2/c1-11-6-13(4-5-14(11)16)21-10-15(20)18(2)8-12-7-17-19(3)9-12/h4-7,9H,8,10H2,1-3H3. The Morgan fingerprint density at radius 1 is 1.48 bits per heavy atom. The Kier molecular flexibility index (Phi) is 4.85. The topological polar surface area (TPSA) is 47.4 Å². The van der Waals surface area contributed by atoms with Crippen LogP contribution in [-0.4, -0.2) is 34.2 Å². The second-order valence-corrected chi connectivity index (χ2v) is 5.38. The highest BCUT2D eigenvalue weighted by Crippen LogP contribution is 2.21. The van der Waals surface area contributed by atoms with Gasteiger partial charge in [-0.1, -0.05) is 11.6 Å². The van der Waals surface area contributed by atoms with Crippen molar-refractivity contribution < 1.29 is 9.53 Å². The van der Waals surface area contributed by atoms with Crippen molar-refractivity contribution in [3.05, 3.63) is 46.7 Å². The number of likely N-dealkylation sites (N-methyl/N-ethyl adjacent to an activating group) is 1. The van der Waals surface area contributed by atoms with Gasteiger partial charge in [-0.15, -0.1) is 0 Å². The first-order valence-corrected chi connectivity index (χ1v) is 6.94. The molecule has 1 aromatic carbocycles. The van der Waals surface area contributed by atoms with E-state index in [9.17, 15) is 4.79 Å². The second kappa shape index (κ2) is 6.63. The summed E-state index contributed by atoms with van der Waals surface area (Å²) >= 11 is 5.95. The van der Waals surface area contributed by atoms with Crippen LogP contribution in [-0.2, 0) is 18.4 Å². The number of hydrogen-bond acceptors (Lipinski definition) is 3. The van der Waals surface area contributed by atoms with E-state index in [1.165, 1.54) is 0 Å². The first-order valence-electron chi connectivity index (χ1n) is 6.56. The molecule has 0 radical (unpaired) electrons. The number of aryl methyl sites for hydroxylation is 2. The molecule has 6 heteroatoms. The molecule has 0 aliphatic carbocycles. The van der Waals surface area contributed by atoms with Crippen LogP contribution in [0.15, 0.2) is 30.6 Å². The van der Waals surface area contributed by atoms with Crippen LogP contribution in [0.25, 0.3) is 0 Å². The van der Waals surface area contributed by atoms with Crippen LogP contribution in [0.5, 0.6) is 5.75 Å². The molecule has 0 saturated carbocycles. The Balaban J connectivity index is 1.87. The molecule has 112 valence electrons. The lowest BCUT2D eigenvalue weighted by Gasteiger charge is -2.16. The number of hydrogen-bond donors (Lipinski definition) is 0. The van der Waals surface area contributed by atoms with Crippen LogP contribution in [0.2, 0.25) is 5.02 Å². The van der Waals surface area contributed by atoms with E-state index in [1.54, 1.807) is 35.0 Å². The third-order valence-corrected chi connectivity index (χ3v) is 3.52. The number of amides is 1. The molecule has 0 unspecified atom stereocenters. The van der Waals surface area contributed by atoms with Gasteiger partial charge in [-0.25, -0.2) is 0 Å². The number of benzene rings is 1. The maximum absolute atomic E-state index is 12.0. The lowest BCUT2D eigenvalue weighted by atomic mass is 10.2. The quantitative estimate of drug-likeness (QED) is 0.852. The van der Waals surface area contributed by atoms with Crippen LogP contribution >= 0.6 is 11.6 Å². The van der Waals surface area contributed by atoms with Crippen LogP contribution in [0.3, 0.4) is 0 Å². The molecule has 0 aliphatic rings. The molecular formula is C15H18ClN3O2. The smallest absolute Gasteiger partial charge is 0.260 e. The van der Waals surface area contributed by atoms with E-state index in [4.69, 9.17) is 16.3 Å². The van der Waals surface area contributed by atoms with Gasteiger partial charge < -0.3 is 9.64 Å². The van der Waals surface area contributed by atoms with E-state index in [0.717, 1.165) is 11.1 Å². The Morgan fingerprint density at radius 2 is 2.24 bits per heavy atom. The molecule has 0 spiro atoms. The number of halogens is 1. The summed E-state index contributed by atoms with van der Waals surface area (Å²) < 4.78 is 7.21. The lowest BCUT2D eigenvalue weighted by Crippen LogP contribution is -2.30. The van der Waals surface area contributed by atoms with Crippen molar-refractivity contribution in [1.82, 2.24) is 14.7 Å². The average Bonchev–Trinajstić information content (AvgIpc) is 2.85. The fourth-order valence-corrected chi connectivity index (χ4v) is 2.00. The van der Waals surface area contributed by atoms with E-state index >= 15 is 0 Å². The zero-order valence-corrected chi connectivity index (χ0v) is 13.1. The molecule has 0 aliphatic heterocycles. The summed E-state index contributed by atoms with van der Waals surface area (Å²) in [7, 11) is 3.59. The van der Waals surface area contributed by atoms with E-state index in [0.29, 0.717) is 17.3 Å². The summed E-state index contributed by atoms with van der Waals surface area (Å²) in [6.45, 7) is 2.40. The summed E-state index contributed by atoms with van der Waals surface area (Å²) in [6.07, 6.45) is 3.63. The minimum absolute atomic E-state index is 0.00215. The fraction of sp³-hybridized carbons (Fsp3) is 0.333. The molecule has 2 rings (SSSR count). The Hall–Kier alpha value is -2.01. The Labute approximate surface area is 129 Å². The highest BCUT2D eigenvalue weighted by atomic mass is 35.5. The summed E-state index contributed by atoms with van der Waals surface area (Å²) in [5.74, 6) is 0.548. The molecule has 1 heterocycles. The van der Waals surface area contributed by atoms with Gasteiger partial charge in [0.15, 0.2) is 6.61 Å². The number of ether oxygens (including phenoxy) is 1. The fourth-order valence-electron chi connectivity index (χ4n) is 1.88. The highest BCUT2D eigenvalue weighted by molar-refractivity contribution is 6.31. The van der Waals surface area contributed by atoms with Gasteiger partial charge in [-0.05, 0) is 30.7 Å². The molecule has 2 aromatic rings. The van der Waals surface area contributed by atoms with Crippen molar-refractivity contribution >= 4 is 17.5 Å². The van der Waals surface area contributed by atoms with Crippen LogP contribution < -0.4 is 4.74 Å². The Morgan fingerprint density at radius 3 is 2.86 bits per heavy atom. The van der Waals surface area contributed by atoms with Crippen molar-refractivity contribution in [2.24, 2.45) is 7.05 Å². The first-order chi connectivity index (χ1) is 9.95. The molecule has 1 amide bonds. The maximum atomic E-state index is 12.0. The maximum Gasteiger partial charge on any atom is 0.260 e. The molecular weight excluding hydrogens is 290 g/mol. The van der Waals surface area contributed by atoms with Crippen LogP contribution in [0, 0.1) is 6.92 Å².